The quantitative estimate of drug-likeness (QED) is 0.872. The second kappa shape index (κ2) is 4.04. The van der Waals surface area contributed by atoms with Gasteiger partial charge in [0.1, 0.15) is 6.04 Å². The summed E-state index contributed by atoms with van der Waals surface area (Å²) in [7, 11) is 0. The molecule has 1 heterocycles. The third kappa shape index (κ3) is 2.13. The van der Waals surface area contributed by atoms with Gasteiger partial charge < -0.3 is 10.4 Å². The molecule has 2 aromatic rings. The minimum atomic E-state index is -0.752. The van der Waals surface area contributed by atoms with Crippen LogP contribution in [0.4, 0.5) is 5.69 Å². The predicted octanol–water partition coefficient (Wildman–Crippen LogP) is 3.18. The molecule has 0 saturated heterocycles. The molecule has 2 N–H and O–H groups in total. The van der Waals surface area contributed by atoms with Crippen molar-refractivity contribution in [2.24, 2.45) is 5.92 Å². The number of hydrogen-bond acceptors (Lipinski definition) is 3. The van der Waals surface area contributed by atoms with Crippen molar-refractivity contribution in [3.05, 3.63) is 29.6 Å². The highest BCUT2D eigenvalue weighted by atomic mass is 32.1. The monoisotopic (exact) mass is 247 g/mol. The van der Waals surface area contributed by atoms with Gasteiger partial charge in [-0.25, -0.2) is 4.79 Å². The number of nitrogens with one attached hydrogen (secondary N) is 1. The van der Waals surface area contributed by atoms with Crippen LogP contribution >= 0.6 is 11.3 Å². The van der Waals surface area contributed by atoms with E-state index < -0.39 is 12.0 Å². The average Bonchev–Trinajstić information content (AvgIpc) is 3.03. The molecule has 0 amide bonds. The molecule has 1 aliphatic carbocycles. The summed E-state index contributed by atoms with van der Waals surface area (Å²) in [4.78, 5) is 11.1. The Balaban J connectivity index is 1.85. The molecule has 1 aromatic heterocycles. The summed E-state index contributed by atoms with van der Waals surface area (Å²) < 4.78 is 1.23. The van der Waals surface area contributed by atoms with Crippen LogP contribution in [-0.4, -0.2) is 17.1 Å². The van der Waals surface area contributed by atoms with Gasteiger partial charge in [-0.05, 0) is 53.8 Å². The largest absolute Gasteiger partial charge is 0.480 e. The van der Waals surface area contributed by atoms with Crippen molar-refractivity contribution in [2.45, 2.75) is 18.9 Å². The van der Waals surface area contributed by atoms with Gasteiger partial charge in [-0.3, -0.25) is 0 Å². The van der Waals surface area contributed by atoms with Gasteiger partial charge in [0.15, 0.2) is 0 Å². The lowest BCUT2D eigenvalue weighted by Crippen LogP contribution is -2.31. The maximum atomic E-state index is 11.1. The van der Waals surface area contributed by atoms with E-state index in [1.54, 1.807) is 11.3 Å². The average molecular weight is 247 g/mol. The van der Waals surface area contributed by atoms with Gasteiger partial charge >= 0.3 is 5.97 Å². The van der Waals surface area contributed by atoms with Gasteiger partial charge in [0, 0.05) is 10.4 Å². The Labute approximate surface area is 103 Å². The molecule has 17 heavy (non-hydrogen) atoms. The fourth-order valence-corrected chi connectivity index (χ4v) is 2.82. The van der Waals surface area contributed by atoms with Gasteiger partial charge in [0.05, 0.1) is 0 Å². The first kappa shape index (κ1) is 10.6. The Morgan fingerprint density at radius 3 is 2.94 bits per heavy atom. The Morgan fingerprint density at radius 1 is 1.41 bits per heavy atom. The van der Waals surface area contributed by atoms with E-state index in [9.17, 15) is 4.79 Å². The molecular formula is C13H13NO2S. The van der Waals surface area contributed by atoms with Gasteiger partial charge in [0.2, 0.25) is 0 Å². The lowest BCUT2D eigenvalue weighted by atomic mass is 10.1. The SMILES string of the molecule is O=C(O)C(Nc1ccc2sccc2c1)C1CC1. The minimum Gasteiger partial charge on any atom is -0.480 e. The zero-order valence-corrected chi connectivity index (χ0v) is 10.0. The molecule has 4 heteroatoms. The maximum absolute atomic E-state index is 11.1. The number of carboxylic acid groups (broad SMARTS) is 1. The number of rotatable bonds is 4. The fraction of sp³-hybridized carbons (Fsp3) is 0.308. The van der Waals surface area contributed by atoms with E-state index in [1.165, 1.54) is 10.1 Å². The van der Waals surface area contributed by atoms with Crippen LogP contribution in [0.5, 0.6) is 0 Å². The minimum absolute atomic E-state index is 0.297. The van der Waals surface area contributed by atoms with Crippen LogP contribution in [0.1, 0.15) is 12.8 Å². The van der Waals surface area contributed by atoms with Crippen LogP contribution in [0.25, 0.3) is 10.1 Å². The summed E-state index contributed by atoms with van der Waals surface area (Å²) >= 11 is 1.70. The van der Waals surface area contributed by atoms with Crippen molar-refractivity contribution in [1.29, 1.82) is 0 Å². The highest BCUT2D eigenvalue weighted by molar-refractivity contribution is 7.17. The molecule has 0 radical (unpaired) electrons. The Hall–Kier alpha value is -1.55. The van der Waals surface area contributed by atoms with E-state index in [1.807, 2.05) is 23.6 Å². The zero-order chi connectivity index (χ0) is 11.8. The molecule has 1 unspecified atom stereocenters. The number of fused-ring (bicyclic) bond motifs is 1. The van der Waals surface area contributed by atoms with Gasteiger partial charge in [-0.1, -0.05) is 0 Å². The number of anilines is 1. The summed E-state index contributed by atoms with van der Waals surface area (Å²) in [6.07, 6.45) is 2.04. The Kier molecular flexibility index (Phi) is 2.52. The lowest BCUT2D eigenvalue weighted by Gasteiger charge is -2.14. The van der Waals surface area contributed by atoms with E-state index in [0.29, 0.717) is 5.92 Å². The number of carbonyl (C=O) groups is 1. The second-order valence-corrected chi connectivity index (χ2v) is 5.42. The molecule has 1 aromatic carbocycles. The number of thiophene rings is 1. The summed E-state index contributed by atoms with van der Waals surface area (Å²) in [6, 6.07) is 7.62. The first-order valence-corrected chi connectivity index (χ1v) is 6.58. The van der Waals surface area contributed by atoms with Gasteiger partial charge in [-0.15, -0.1) is 11.3 Å². The second-order valence-electron chi connectivity index (χ2n) is 4.47. The van der Waals surface area contributed by atoms with Crippen molar-refractivity contribution in [3.8, 4) is 0 Å². The van der Waals surface area contributed by atoms with Crippen LogP contribution in [0, 0.1) is 5.92 Å². The zero-order valence-electron chi connectivity index (χ0n) is 9.22. The molecule has 3 nitrogen and oxygen atoms in total. The number of aliphatic carboxylic acids is 1. The fourth-order valence-electron chi connectivity index (χ4n) is 2.05. The molecule has 0 bridgehead atoms. The van der Waals surface area contributed by atoms with Crippen LogP contribution in [-0.2, 0) is 4.79 Å². The molecule has 1 aliphatic rings. The summed E-state index contributed by atoms with van der Waals surface area (Å²) in [5.74, 6) is -0.455. The lowest BCUT2D eigenvalue weighted by molar-refractivity contribution is -0.138. The van der Waals surface area contributed by atoms with Crippen LogP contribution < -0.4 is 5.32 Å². The summed E-state index contributed by atoms with van der Waals surface area (Å²) in [5.41, 5.74) is 0.898. The van der Waals surface area contributed by atoms with Gasteiger partial charge in [0.25, 0.3) is 0 Å². The predicted molar refractivity (Wildman–Crippen MR) is 69.6 cm³/mol. The highest BCUT2D eigenvalue weighted by Gasteiger charge is 2.36. The highest BCUT2D eigenvalue weighted by Crippen LogP contribution is 2.35. The van der Waals surface area contributed by atoms with E-state index in [-0.39, 0.29) is 0 Å². The van der Waals surface area contributed by atoms with Crippen LogP contribution in [0.3, 0.4) is 0 Å². The Bertz CT molecular complexity index is 559. The van der Waals surface area contributed by atoms with Crippen LogP contribution in [0.2, 0.25) is 0 Å². The molecular weight excluding hydrogens is 234 g/mol. The van der Waals surface area contributed by atoms with Crippen molar-refractivity contribution in [1.82, 2.24) is 0 Å². The van der Waals surface area contributed by atoms with Crippen molar-refractivity contribution in [3.63, 3.8) is 0 Å². The van der Waals surface area contributed by atoms with Crippen LogP contribution in [0.15, 0.2) is 29.6 Å². The third-order valence-electron chi connectivity index (χ3n) is 3.13. The van der Waals surface area contributed by atoms with E-state index >= 15 is 0 Å². The number of hydrogen-bond donors (Lipinski definition) is 2. The molecule has 88 valence electrons. The molecule has 0 aliphatic heterocycles. The van der Waals surface area contributed by atoms with E-state index in [2.05, 4.69) is 11.4 Å². The Morgan fingerprint density at radius 2 is 2.24 bits per heavy atom. The molecule has 3 rings (SSSR count). The molecule has 1 saturated carbocycles. The van der Waals surface area contributed by atoms with Gasteiger partial charge in [-0.2, -0.15) is 0 Å². The maximum Gasteiger partial charge on any atom is 0.326 e. The molecule has 1 atom stereocenters. The summed E-state index contributed by atoms with van der Waals surface area (Å²) in [6.45, 7) is 0. The standard InChI is InChI=1S/C13H13NO2S/c15-13(16)12(8-1-2-8)14-10-3-4-11-9(7-10)5-6-17-11/h3-8,12,14H,1-2H2,(H,15,16). The topological polar surface area (TPSA) is 49.3 Å². The normalized spacial score (nSPS) is 16.9. The number of benzene rings is 1. The third-order valence-corrected chi connectivity index (χ3v) is 4.03. The first-order chi connectivity index (χ1) is 8.24. The van der Waals surface area contributed by atoms with E-state index in [4.69, 9.17) is 5.11 Å². The van der Waals surface area contributed by atoms with Crippen molar-refractivity contribution >= 4 is 33.1 Å². The molecule has 0 spiro atoms. The summed E-state index contributed by atoms with van der Waals surface area (Å²) in [5, 5.41) is 15.5. The first-order valence-electron chi connectivity index (χ1n) is 5.70. The van der Waals surface area contributed by atoms with Crippen molar-refractivity contribution in [2.75, 3.05) is 5.32 Å². The number of carboxylic acids is 1. The van der Waals surface area contributed by atoms with E-state index in [0.717, 1.165) is 18.5 Å². The molecule has 1 fully saturated rings. The smallest absolute Gasteiger partial charge is 0.326 e. The van der Waals surface area contributed by atoms with Crippen molar-refractivity contribution < 1.29 is 9.90 Å².